The Labute approximate surface area is 248 Å². The van der Waals surface area contributed by atoms with Crippen LogP contribution in [0.4, 0.5) is 4.79 Å². The van der Waals surface area contributed by atoms with Crippen LogP contribution in [0.2, 0.25) is 0 Å². The van der Waals surface area contributed by atoms with Crippen molar-refractivity contribution in [2.24, 2.45) is 11.8 Å². The number of ether oxygens (including phenoxy) is 2. The molecule has 222 valence electrons. The van der Waals surface area contributed by atoms with E-state index in [9.17, 15) is 14.4 Å². The Bertz CT molecular complexity index is 1350. The van der Waals surface area contributed by atoms with Gasteiger partial charge in [-0.3, -0.25) is 9.80 Å². The van der Waals surface area contributed by atoms with E-state index < -0.39 is 24.1 Å². The molecule has 4 rings (SSSR count). The van der Waals surface area contributed by atoms with E-state index in [0.29, 0.717) is 18.5 Å². The second-order valence-corrected chi connectivity index (χ2v) is 11.8. The number of carbonyl (C=O) groups is 3. The lowest BCUT2D eigenvalue weighted by Crippen LogP contribution is -2.58. The van der Waals surface area contributed by atoms with Crippen molar-refractivity contribution in [3.05, 3.63) is 89.5 Å². The van der Waals surface area contributed by atoms with Crippen molar-refractivity contribution in [3.63, 3.8) is 0 Å². The Hall–Kier alpha value is -4.17. The number of nitrogens with one attached hydrogen (secondary N) is 1. The Morgan fingerprint density at radius 1 is 0.976 bits per heavy atom. The average Bonchev–Trinajstić information content (AvgIpc) is 3.30. The molecule has 1 aliphatic carbocycles. The van der Waals surface area contributed by atoms with Crippen molar-refractivity contribution in [2.75, 3.05) is 6.61 Å². The summed E-state index contributed by atoms with van der Waals surface area (Å²) in [7, 11) is 0. The van der Waals surface area contributed by atoms with Crippen LogP contribution in [-0.2, 0) is 20.7 Å². The quantitative estimate of drug-likeness (QED) is 0.134. The largest absolute Gasteiger partial charge is 0.488 e. The highest BCUT2D eigenvalue weighted by molar-refractivity contribution is 5.87. The summed E-state index contributed by atoms with van der Waals surface area (Å²) in [6.07, 6.45) is 0.772. The van der Waals surface area contributed by atoms with Gasteiger partial charge < -0.3 is 19.6 Å². The first-order valence-corrected chi connectivity index (χ1v) is 14.4. The molecular formula is C34H41N3O5. The minimum atomic E-state index is -0.958. The van der Waals surface area contributed by atoms with E-state index in [1.807, 2.05) is 95.3 Å². The van der Waals surface area contributed by atoms with Gasteiger partial charge in [0.1, 0.15) is 36.3 Å². The first-order valence-electron chi connectivity index (χ1n) is 14.4. The number of fused-ring (bicyclic) bond motifs is 3. The van der Waals surface area contributed by atoms with E-state index in [-0.39, 0.29) is 30.5 Å². The zero-order chi connectivity index (χ0) is 30.4. The van der Waals surface area contributed by atoms with Gasteiger partial charge in [-0.25, -0.2) is 10.6 Å². The van der Waals surface area contributed by atoms with Crippen LogP contribution in [0.15, 0.2) is 72.8 Å². The number of hydrogen-bond acceptors (Lipinski definition) is 6. The molecule has 0 aliphatic heterocycles. The predicted octanol–water partition coefficient (Wildman–Crippen LogP) is 5.63. The Kier molecular flexibility index (Phi) is 9.68. The van der Waals surface area contributed by atoms with Crippen LogP contribution in [0.3, 0.4) is 0 Å². The molecule has 3 aromatic carbocycles. The van der Waals surface area contributed by atoms with Crippen molar-refractivity contribution < 1.29 is 23.9 Å². The molecule has 1 aliphatic rings. The number of alkyl carbamates (subject to hydrolysis) is 1. The summed E-state index contributed by atoms with van der Waals surface area (Å²) in [5, 5.41) is 3.65. The molecular weight excluding hydrogens is 530 g/mol. The Morgan fingerprint density at radius 2 is 1.55 bits per heavy atom. The number of benzene rings is 3. The smallest absolute Gasteiger partial charge is 0.407 e. The number of hydrazine groups is 1. The summed E-state index contributed by atoms with van der Waals surface area (Å²) < 4.78 is 11.5. The maximum Gasteiger partial charge on any atom is 0.407 e. The highest BCUT2D eigenvalue weighted by atomic mass is 16.5. The third-order valence-electron chi connectivity index (χ3n) is 7.66. The molecule has 8 nitrogen and oxygen atoms in total. The van der Waals surface area contributed by atoms with Gasteiger partial charge in [-0.05, 0) is 66.6 Å². The predicted molar refractivity (Wildman–Crippen MR) is 163 cm³/mol. The molecule has 0 bridgehead atoms. The topological polar surface area (TPSA) is 111 Å². The zero-order valence-electron chi connectivity index (χ0n) is 25.0. The molecule has 3 atom stereocenters. The molecule has 0 heterocycles. The van der Waals surface area contributed by atoms with Crippen molar-refractivity contribution in [3.8, 4) is 16.9 Å². The third kappa shape index (κ3) is 7.18. The highest BCUT2D eigenvalue weighted by Crippen LogP contribution is 2.44. The van der Waals surface area contributed by atoms with Gasteiger partial charge in [0.2, 0.25) is 0 Å². The van der Waals surface area contributed by atoms with E-state index in [1.54, 1.807) is 0 Å². The van der Waals surface area contributed by atoms with Crippen molar-refractivity contribution in [1.82, 2.24) is 10.3 Å². The standard InChI is InChI=1S/C34H41N3O5/c1-6-22(2)31(32(39)37(35)24(20-38)19-23-15-17-25(18-16-23)42-34(3,4)5)36-33(40)41-21-30-28-13-9-7-11-26(28)27-12-8-10-14-29(27)30/h7-18,20,22,24,30-31H,6,19,21,35H2,1-5H3,(H,36,40)/t22-,24-,31-/m0/s1. The fraction of sp³-hybridized carbons (Fsp3) is 0.382. The molecule has 0 radical (unpaired) electrons. The minimum Gasteiger partial charge on any atom is -0.488 e. The van der Waals surface area contributed by atoms with Crippen LogP contribution in [-0.4, -0.2) is 47.6 Å². The van der Waals surface area contributed by atoms with Crippen LogP contribution in [0.25, 0.3) is 11.1 Å². The SMILES string of the molecule is CC[C@H](C)[C@H](NC(=O)OCC1c2ccccc2-c2ccccc21)C(=O)N(N)[C@H](C=O)Cc1ccc(OC(C)(C)C)cc1. The van der Waals surface area contributed by atoms with E-state index in [0.717, 1.165) is 32.8 Å². The highest BCUT2D eigenvalue weighted by Gasteiger charge is 2.34. The van der Waals surface area contributed by atoms with Gasteiger partial charge >= 0.3 is 6.09 Å². The summed E-state index contributed by atoms with van der Waals surface area (Å²) in [5.74, 6) is 6.02. The van der Waals surface area contributed by atoms with Crippen molar-refractivity contribution in [2.45, 2.75) is 71.1 Å². The monoisotopic (exact) mass is 571 g/mol. The van der Waals surface area contributed by atoms with Crippen LogP contribution >= 0.6 is 0 Å². The molecule has 0 fully saturated rings. The molecule has 0 unspecified atom stereocenters. The number of hydrogen-bond donors (Lipinski definition) is 2. The summed E-state index contributed by atoms with van der Waals surface area (Å²) in [6.45, 7) is 9.79. The number of aldehydes is 1. The lowest BCUT2D eigenvalue weighted by molar-refractivity contribution is -0.139. The molecule has 0 saturated carbocycles. The van der Waals surface area contributed by atoms with Crippen molar-refractivity contribution >= 4 is 18.3 Å². The lowest BCUT2D eigenvalue weighted by atomic mass is 9.97. The van der Waals surface area contributed by atoms with E-state index in [4.69, 9.17) is 15.3 Å². The van der Waals surface area contributed by atoms with Crippen LogP contribution in [0, 0.1) is 5.92 Å². The van der Waals surface area contributed by atoms with Gasteiger partial charge in [-0.15, -0.1) is 0 Å². The molecule has 42 heavy (non-hydrogen) atoms. The van der Waals surface area contributed by atoms with Gasteiger partial charge in [0.05, 0.1) is 0 Å². The molecule has 3 aromatic rings. The molecule has 8 heteroatoms. The first-order chi connectivity index (χ1) is 20.0. The van der Waals surface area contributed by atoms with E-state index in [2.05, 4.69) is 17.4 Å². The van der Waals surface area contributed by atoms with Gasteiger partial charge in [0, 0.05) is 12.3 Å². The Balaban J connectivity index is 1.41. The fourth-order valence-electron chi connectivity index (χ4n) is 5.27. The summed E-state index contributed by atoms with van der Waals surface area (Å²) >= 11 is 0. The maximum absolute atomic E-state index is 13.5. The molecule has 0 saturated heterocycles. The van der Waals surface area contributed by atoms with Gasteiger partial charge in [-0.2, -0.15) is 0 Å². The van der Waals surface area contributed by atoms with Gasteiger partial charge in [0.25, 0.3) is 5.91 Å². The normalized spacial score (nSPS) is 14.6. The van der Waals surface area contributed by atoms with Gasteiger partial charge in [-0.1, -0.05) is 80.9 Å². The number of nitrogens with zero attached hydrogens (tertiary/aromatic N) is 1. The van der Waals surface area contributed by atoms with Gasteiger partial charge in [0.15, 0.2) is 0 Å². The fourth-order valence-corrected chi connectivity index (χ4v) is 5.27. The number of carbonyl (C=O) groups excluding carboxylic acids is 3. The average molecular weight is 572 g/mol. The lowest BCUT2D eigenvalue weighted by Gasteiger charge is -2.30. The summed E-state index contributed by atoms with van der Waals surface area (Å²) in [5.41, 5.74) is 4.94. The van der Waals surface area contributed by atoms with Crippen LogP contribution < -0.4 is 15.9 Å². The molecule has 2 amide bonds. The number of rotatable bonds is 11. The van der Waals surface area contributed by atoms with E-state index >= 15 is 0 Å². The second-order valence-electron chi connectivity index (χ2n) is 11.8. The summed E-state index contributed by atoms with van der Waals surface area (Å²) in [4.78, 5) is 38.6. The van der Waals surface area contributed by atoms with Crippen LogP contribution in [0.5, 0.6) is 5.75 Å². The summed E-state index contributed by atoms with van der Waals surface area (Å²) in [6, 6.07) is 21.6. The number of nitrogens with two attached hydrogens (primary N) is 1. The van der Waals surface area contributed by atoms with E-state index in [1.165, 1.54) is 0 Å². The first kappa shape index (κ1) is 30.8. The Morgan fingerprint density at radius 3 is 2.07 bits per heavy atom. The third-order valence-corrected chi connectivity index (χ3v) is 7.66. The number of amides is 2. The zero-order valence-corrected chi connectivity index (χ0v) is 25.0. The van der Waals surface area contributed by atoms with Crippen LogP contribution in [0.1, 0.15) is 63.6 Å². The minimum absolute atomic E-state index is 0.105. The molecule has 0 spiro atoms. The molecule has 0 aromatic heterocycles. The maximum atomic E-state index is 13.5. The second kappa shape index (κ2) is 13.2. The van der Waals surface area contributed by atoms with Crippen molar-refractivity contribution in [1.29, 1.82) is 0 Å². The molecule has 3 N–H and O–H groups in total.